The monoisotopic (exact) mass is 369 g/mol. The van der Waals surface area contributed by atoms with Gasteiger partial charge in [-0.1, -0.05) is 55.5 Å². The molecule has 1 saturated heterocycles. The van der Waals surface area contributed by atoms with E-state index in [-0.39, 0.29) is 23.0 Å². The molecule has 0 saturated carbocycles. The van der Waals surface area contributed by atoms with Gasteiger partial charge in [-0.3, -0.25) is 9.59 Å². The van der Waals surface area contributed by atoms with Crippen molar-refractivity contribution in [3.8, 4) is 0 Å². The van der Waals surface area contributed by atoms with Crippen molar-refractivity contribution in [2.24, 2.45) is 11.8 Å². The summed E-state index contributed by atoms with van der Waals surface area (Å²) in [6.45, 7) is 2.91. The third kappa shape index (κ3) is 4.28. The van der Waals surface area contributed by atoms with Crippen LogP contribution in [0.5, 0.6) is 0 Å². The van der Waals surface area contributed by atoms with E-state index in [0.29, 0.717) is 19.5 Å². The number of amides is 1. The summed E-state index contributed by atoms with van der Waals surface area (Å²) in [5, 5.41) is 8.98. The lowest BCUT2D eigenvalue weighted by atomic mass is 9.87. The molecule has 0 spiro atoms. The molecule has 0 aliphatic carbocycles. The number of carbonyl (C=O) groups is 2. The molecule has 0 radical (unpaired) electrons. The second-order valence-corrected chi connectivity index (χ2v) is 7.90. The van der Waals surface area contributed by atoms with Gasteiger partial charge in [0.15, 0.2) is 0 Å². The van der Waals surface area contributed by atoms with Crippen molar-refractivity contribution in [1.82, 2.24) is 4.90 Å². The van der Waals surface area contributed by atoms with Gasteiger partial charge < -0.3 is 10.0 Å². The van der Waals surface area contributed by atoms with Crippen LogP contribution in [0.2, 0.25) is 0 Å². The minimum absolute atomic E-state index is 0.0386. The predicted molar refractivity (Wildman–Crippen MR) is 103 cm³/mol. The van der Waals surface area contributed by atoms with Gasteiger partial charge in [0.2, 0.25) is 5.91 Å². The molecule has 1 N–H and O–H groups in total. The number of carboxylic acid groups (broad SMARTS) is 1. The second-order valence-electron chi connectivity index (χ2n) is 6.72. The molecule has 2 aromatic rings. The van der Waals surface area contributed by atoms with Gasteiger partial charge in [0.25, 0.3) is 0 Å². The molecule has 1 aliphatic rings. The van der Waals surface area contributed by atoms with E-state index in [2.05, 4.69) is 0 Å². The molecule has 4 nitrogen and oxygen atoms in total. The lowest BCUT2D eigenvalue weighted by Gasteiger charge is -2.36. The molecule has 3 unspecified atom stereocenters. The van der Waals surface area contributed by atoms with Crippen molar-refractivity contribution in [3.05, 3.63) is 66.2 Å². The van der Waals surface area contributed by atoms with Crippen LogP contribution in [0.15, 0.2) is 65.6 Å². The van der Waals surface area contributed by atoms with Crippen LogP contribution in [-0.4, -0.2) is 35.0 Å². The van der Waals surface area contributed by atoms with Gasteiger partial charge >= 0.3 is 5.97 Å². The molecular weight excluding hydrogens is 346 g/mol. The Bertz CT molecular complexity index is 750. The van der Waals surface area contributed by atoms with Crippen LogP contribution in [0.4, 0.5) is 0 Å². The molecular formula is C21H23NO3S. The van der Waals surface area contributed by atoms with Crippen LogP contribution in [0, 0.1) is 11.8 Å². The van der Waals surface area contributed by atoms with Crippen molar-refractivity contribution in [2.75, 3.05) is 13.1 Å². The first kappa shape index (κ1) is 18.5. The van der Waals surface area contributed by atoms with Crippen LogP contribution in [-0.2, 0) is 9.59 Å². The van der Waals surface area contributed by atoms with Gasteiger partial charge in [-0.2, -0.15) is 0 Å². The fraction of sp³-hybridized carbons (Fsp3) is 0.333. The van der Waals surface area contributed by atoms with Gasteiger partial charge in [-0.25, -0.2) is 0 Å². The molecule has 26 heavy (non-hydrogen) atoms. The van der Waals surface area contributed by atoms with E-state index in [4.69, 9.17) is 0 Å². The average molecular weight is 369 g/mol. The standard InChI is InChI=1S/C21H23NO3S/c1-15-14-22(13-12-18(15)21(24)25)20(23)19(16-8-4-2-5-9-16)26-17-10-6-3-7-11-17/h2-11,15,18-19H,12-14H2,1H3,(H,24,25). The number of carbonyl (C=O) groups excluding carboxylic acids is 1. The number of likely N-dealkylation sites (tertiary alicyclic amines) is 1. The normalized spacial score (nSPS) is 21.2. The Balaban J connectivity index is 1.80. The number of nitrogens with zero attached hydrogens (tertiary/aromatic N) is 1. The summed E-state index contributed by atoms with van der Waals surface area (Å²) in [6.07, 6.45) is 0.514. The van der Waals surface area contributed by atoms with Gasteiger partial charge in [0, 0.05) is 18.0 Å². The van der Waals surface area contributed by atoms with Crippen LogP contribution in [0.1, 0.15) is 24.2 Å². The van der Waals surface area contributed by atoms with Gasteiger partial charge in [0.1, 0.15) is 5.25 Å². The second kappa shape index (κ2) is 8.41. The minimum atomic E-state index is -0.761. The van der Waals surface area contributed by atoms with Gasteiger partial charge in [-0.05, 0) is 30.0 Å². The van der Waals surface area contributed by atoms with E-state index in [1.165, 1.54) is 0 Å². The number of thioether (sulfide) groups is 1. The number of hydrogen-bond acceptors (Lipinski definition) is 3. The summed E-state index contributed by atoms with van der Waals surface area (Å²) in [5.41, 5.74) is 0.972. The molecule has 2 aromatic carbocycles. The number of rotatable bonds is 5. The van der Waals surface area contributed by atoms with E-state index in [0.717, 1.165) is 10.5 Å². The highest BCUT2D eigenvalue weighted by atomic mass is 32.2. The fourth-order valence-corrected chi connectivity index (χ4v) is 4.53. The highest BCUT2D eigenvalue weighted by molar-refractivity contribution is 8.00. The van der Waals surface area contributed by atoms with Crippen LogP contribution >= 0.6 is 11.8 Å². The predicted octanol–water partition coefficient (Wildman–Crippen LogP) is 4.09. The lowest BCUT2D eigenvalue weighted by Crippen LogP contribution is -2.46. The fourth-order valence-electron chi connectivity index (χ4n) is 3.40. The highest BCUT2D eigenvalue weighted by Crippen LogP contribution is 2.38. The Morgan fingerprint density at radius 3 is 2.27 bits per heavy atom. The lowest BCUT2D eigenvalue weighted by molar-refractivity contribution is -0.148. The Labute approximate surface area is 158 Å². The van der Waals surface area contributed by atoms with Crippen LogP contribution in [0.25, 0.3) is 0 Å². The zero-order valence-corrected chi connectivity index (χ0v) is 15.6. The summed E-state index contributed by atoms with van der Waals surface area (Å²) in [5.74, 6) is -1.11. The molecule has 1 aliphatic heterocycles. The molecule has 3 rings (SSSR count). The van der Waals surface area contributed by atoms with Crippen LogP contribution < -0.4 is 0 Å². The van der Waals surface area contributed by atoms with Crippen LogP contribution in [0.3, 0.4) is 0 Å². The third-order valence-electron chi connectivity index (χ3n) is 4.86. The highest BCUT2D eigenvalue weighted by Gasteiger charge is 2.35. The molecule has 1 fully saturated rings. The topological polar surface area (TPSA) is 57.6 Å². The molecule has 3 atom stereocenters. The Morgan fingerprint density at radius 2 is 1.69 bits per heavy atom. The maximum atomic E-state index is 13.3. The molecule has 0 bridgehead atoms. The summed E-state index contributed by atoms with van der Waals surface area (Å²) in [6, 6.07) is 19.7. The van der Waals surface area contributed by atoms with Crippen molar-refractivity contribution in [3.63, 3.8) is 0 Å². The number of carboxylic acids is 1. The molecule has 0 aromatic heterocycles. The number of benzene rings is 2. The van der Waals surface area contributed by atoms with E-state index < -0.39 is 5.97 Å². The third-order valence-corrected chi connectivity index (χ3v) is 6.11. The van der Waals surface area contributed by atoms with Gasteiger partial charge in [-0.15, -0.1) is 11.8 Å². The number of piperidine rings is 1. The average Bonchev–Trinajstić information content (AvgIpc) is 2.66. The zero-order chi connectivity index (χ0) is 18.5. The Kier molecular flexibility index (Phi) is 5.99. The maximum absolute atomic E-state index is 13.3. The summed E-state index contributed by atoms with van der Waals surface area (Å²) >= 11 is 1.54. The number of aliphatic carboxylic acids is 1. The first-order valence-corrected chi connectivity index (χ1v) is 9.72. The van der Waals surface area contributed by atoms with E-state index in [9.17, 15) is 14.7 Å². The minimum Gasteiger partial charge on any atom is -0.481 e. The number of hydrogen-bond donors (Lipinski definition) is 1. The van der Waals surface area contributed by atoms with E-state index in [1.807, 2.05) is 72.5 Å². The first-order chi connectivity index (χ1) is 12.6. The van der Waals surface area contributed by atoms with Crippen molar-refractivity contribution in [1.29, 1.82) is 0 Å². The SMILES string of the molecule is CC1CN(C(=O)C(Sc2ccccc2)c2ccccc2)CCC1C(=O)O. The smallest absolute Gasteiger partial charge is 0.306 e. The quantitative estimate of drug-likeness (QED) is 0.807. The maximum Gasteiger partial charge on any atom is 0.306 e. The van der Waals surface area contributed by atoms with Crippen molar-refractivity contribution < 1.29 is 14.7 Å². The van der Waals surface area contributed by atoms with Crippen molar-refractivity contribution in [2.45, 2.75) is 23.5 Å². The van der Waals surface area contributed by atoms with E-state index >= 15 is 0 Å². The Morgan fingerprint density at radius 1 is 1.08 bits per heavy atom. The molecule has 1 amide bonds. The summed E-state index contributed by atoms with van der Waals surface area (Å²) in [7, 11) is 0. The summed E-state index contributed by atoms with van der Waals surface area (Å²) < 4.78 is 0. The Hall–Kier alpha value is -2.27. The van der Waals surface area contributed by atoms with Gasteiger partial charge in [0.05, 0.1) is 5.92 Å². The van der Waals surface area contributed by atoms with Crippen molar-refractivity contribution >= 4 is 23.6 Å². The largest absolute Gasteiger partial charge is 0.481 e. The summed E-state index contributed by atoms with van der Waals surface area (Å²) in [4.78, 5) is 27.5. The van der Waals surface area contributed by atoms with E-state index in [1.54, 1.807) is 11.8 Å². The molecule has 5 heteroatoms. The first-order valence-electron chi connectivity index (χ1n) is 8.84. The molecule has 1 heterocycles. The zero-order valence-electron chi connectivity index (χ0n) is 14.7. The molecule has 136 valence electrons.